The Balaban J connectivity index is 1.46. The molecule has 41 heavy (non-hydrogen) atoms. The second-order valence-electron chi connectivity index (χ2n) is 10.2. The first-order valence-electron chi connectivity index (χ1n) is 13.3. The first-order valence-corrected chi connectivity index (χ1v) is 14.9. The Bertz CT molecular complexity index is 1440. The van der Waals surface area contributed by atoms with E-state index in [0.29, 0.717) is 35.3 Å². The number of carbonyl (C=O) groups is 1. The number of nitrogens with zero attached hydrogens (tertiary/aromatic N) is 1. The summed E-state index contributed by atoms with van der Waals surface area (Å²) in [6, 6.07) is 16.2. The van der Waals surface area contributed by atoms with Gasteiger partial charge in [0.25, 0.3) is 5.91 Å². The van der Waals surface area contributed by atoms with Crippen LogP contribution in [0.2, 0.25) is 0 Å². The summed E-state index contributed by atoms with van der Waals surface area (Å²) >= 11 is 0. The summed E-state index contributed by atoms with van der Waals surface area (Å²) in [5, 5.41) is 12.6. The van der Waals surface area contributed by atoms with Crippen molar-refractivity contribution in [3.63, 3.8) is 0 Å². The van der Waals surface area contributed by atoms with Crippen LogP contribution in [0, 0.1) is 0 Å². The highest BCUT2D eigenvalue weighted by Crippen LogP contribution is 2.38. The summed E-state index contributed by atoms with van der Waals surface area (Å²) < 4.78 is 77.6. The normalized spacial score (nSPS) is 19.1. The smallest absolute Gasteiger partial charge is 0.394 e. The summed E-state index contributed by atoms with van der Waals surface area (Å²) in [7, 11) is -3.38. The van der Waals surface area contributed by atoms with E-state index in [0.717, 1.165) is 12.1 Å². The molecule has 0 bridgehead atoms. The minimum atomic E-state index is -4.43. The zero-order valence-electron chi connectivity index (χ0n) is 22.6. The fourth-order valence-corrected chi connectivity index (χ4v) is 6.02. The van der Waals surface area contributed by atoms with Gasteiger partial charge in [-0.1, -0.05) is 31.2 Å². The summed E-state index contributed by atoms with van der Waals surface area (Å²) in [5.41, 5.74) is 1.50. The lowest BCUT2D eigenvalue weighted by Gasteiger charge is -2.28. The standard InChI is InChI=1S/C30H32F4N2O4S/c1-3-41(39,40)26-14-8-21(9-15-26)27(18-37)35-29(38)22-6-12-25(13-7-22)36-17-23(16-28(36)19(2)31)20-4-10-24(11-5-20)30(32,33)34/h4-15,19,23,27-28,37H,3,16-18H2,1-2H3,(H,35,38)/t19?,23?,27-,28-/m0/s1. The zero-order chi connectivity index (χ0) is 29.9. The van der Waals surface area contributed by atoms with Crippen molar-refractivity contribution < 1.29 is 35.9 Å². The first kappa shape index (κ1) is 30.5. The van der Waals surface area contributed by atoms with Crippen molar-refractivity contribution in [2.24, 2.45) is 0 Å². The summed E-state index contributed by atoms with van der Waals surface area (Å²) in [4.78, 5) is 15.0. The molecule has 2 N–H and O–H groups in total. The van der Waals surface area contributed by atoms with Crippen LogP contribution in [-0.4, -0.2) is 50.5 Å². The molecule has 0 aliphatic carbocycles. The van der Waals surface area contributed by atoms with Crippen LogP contribution in [-0.2, 0) is 16.0 Å². The third kappa shape index (κ3) is 6.90. The van der Waals surface area contributed by atoms with E-state index in [2.05, 4.69) is 5.32 Å². The summed E-state index contributed by atoms with van der Waals surface area (Å²) in [5.74, 6) is -0.659. The van der Waals surface area contributed by atoms with E-state index in [9.17, 15) is 35.9 Å². The van der Waals surface area contributed by atoms with Crippen LogP contribution in [0.4, 0.5) is 23.2 Å². The molecule has 1 aliphatic rings. The molecule has 1 amide bonds. The molecule has 1 heterocycles. The number of sulfone groups is 1. The van der Waals surface area contributed by atoms with Gasteiger partial charge in [-0.15, -0.1) is 0 Å². The molecule has 1 fully saturated rings. The number of anilines is 1. The lowest BCUT2D eigenvalue weighted by atomic mass is 9.94. The number of carbonyl (C=O) groups excluding carboxylic acids is 1. The van der Waals surface area contributed by atoms with Crippen molar-refractivity contribution in [3.8, 4) is 0 Å². The van der Waals surface area contributed by atoms with E-state index < -0.39 is 52.3 Å². The predicted molar refractivity (Wildman–Crippen MR) is 148 cm³/mol. The average Bonchev–Trinajstić information content (AvgIpc) is 3.42. The fraction of sp³-hybridized carbons (Fsp3) is 0.367. The SMILES string of the molecule is CCS(=O)(=O)c1ccc([C@H](CO)NC(=O)c2ccc(N3CC(c4ccc(C(F)(F)F)cc4)C[C@H]3C(C)F)cc2)cc1. The molecular weight excluding hydrogens is 560 g/mol. The highest BCUT2D eigenvalue weighted by Gasteiger charge is 2.37. The highest BCUT2D eigenvalue weighted by atomic mass is 32.2. The molecule has 0 aromatic heterocycles. The van der Waals surface area contributed by atoms with E-state index in [1.807, 2.05) is 4.90 Å². The number of nitrogens with one attached hydrogen (secondary N) is 1. The Morgan fingerprint density at radius 3 is 2.15 bits per heavy atom. The molecule has 11 heteroatoms. The van der Waals surface area contributed by atoms with Gasteiger partial charge >= 0.3 is 6.18 Å². The van der Waals surface area contributed by atoms with Crippen molar-refractivity contribution >= 4 is 21.4 Å². The molecule has 4 atom stereocenters. The second kappa shape index (κ2) is 12.2. The van der Waals surface area contributed by atoms with Crippen LogP contribution >= 0.6 is 0 Å². The van der Waals surface area contributed by atoms with Gasteiger partial charge in [0.1, 0.15) is 6.17 Å². The van der Waals surface area contributed by atoms with E-state index >= 15 is 0 Å². The van der Waals surface area contributed by atoms with Gasteiger partial charge in [-0.2, -0.15) is 13.2 Å². The van der Waals surface area contributed by atoms with Crippen molar-refractivity contribution in [3.05, 3.63) is 95.1 Å². The maximum atomic E-state index is 14.6. The molecule has 6 nitrogen and oxygen atoms in total. The van der Waals surface area contributed by atoms with Gasteiger partial charge in [-0.05, 0) is 73.0 Å². The Morgan fingerprint density at radius 2 is 1.63 bits per heavy atom. The average molecular weight is 593 g/mol. The maximum Gasteiger partial charge on any atom is 0.416 e. The van der Waals surface area contributed by atoms with Gasteiger partial charge in [-0.3, -0.25) is 4.79 Å². The first-order chi connectivity index (χ1) is 19.3. The lowest BCUT2D eigenvalue weighted by Crippen LogP contribution is -2.35. The number of benzene rings is 3. The van der Waals surface area contributed by atoms with Gasteiger partial charge in [0.15, 0.2) is 9.84 Å². The van der Waals surface area contributed by atoms with Crippen LogP contribution in [0.25, 0.3) is 0 Å². The minimum Gasteiger partial charge on any atom is -0.394 e. The number of hydrogen-bond donors (Lipinski definition) is 2. The number of aliphatic hydroxyl groups excluding tert-OH is 1. The van der Waals surface area contributed by atoms with Gasteiger partial charge in [0.05, 0.1) is 34.9 Å². The predicted octanol–water partition coefficient (Wildman–Crippen LogP) is 5.68. The van der Waals surface area contributed by atoms with Gasteiger partial charge in [-0.25, -0.2) is 12.8 Å². The van der Waals surface area contributed by atoms with Gasteiger partial charge in [0, 0.05) is 23.7 Å². The van der Waals surface area contributed by atoms with Crippen LogP contribution in [0.15, 0.2) is 77.7 Å². The van der Waals surface area contributed by atoms with Crippen molar-refractivity contribution in [2.45, 2.75) is 55.5 Å². The number of aliphatic hydroxyl groups is 1. The van der Waals surface area contributed by atoms with Crippen LogP contribution in [0.5, 0.6) is 0 Å². The Labute approximate surface area is 236 Å². The monoisotopic (exact) mass is 592 g/mol. The lowest BCUT2D eigenvalue weighted by molar-refractivity contribution is -0.137. The summed E-state index contributed by atoms with van der Waals surface area (Å²) in [6.07, 6.45) is -5.19. The largest absolute Gasteiger partial charge is 0.416 e. The van der Waals surface area contributed by atoms with Crippen molar-refractivity contribution in [1.29, 1.82) is 0 Å². The second-order valence-corrected chi connectivity index (χ2v) is 12.5. The molecule has 220 valence electrons. The Morgan fingerprint density at radius 1 is 1.02 bits per heavy atom. The van der Waals surface area contributed by atoms with E-state index in [1.165, 1.54) is 31.2 Å². The van der Waals surface area contributed by atoms with Crippen LogP contribution in [0.3, 0.4) is 0 Å². The highest BCUT2D eigenvalue weighted by molar-refractivity contribution is 7.91. The summed E-state index contributed by atoms with van der Waals surface area (Å²) in [6.45, 7) is 3.00. The number of hydrogen-bond acceptors (Lipinski definition) is 5. The third-order valence-electron chi connectivity index (χ3n) is 7.55. The van der Waals surface area contributed by atoms with Gasteiger partial charge in [0.2, 0.25) is 0 Å². The van der Waals surface area contributed by atoms with Crippen molar-refractivity contribution in [1.82, 2.24) is 5.32 Å². The quantitative estimate of drug-likeness (QED) is 0.312. The molecule has 3 aromatic rings. The number of halogens is 4. The molecule has 1 saturated heterocycles. The number of amides is 1. The molecule has 0 spiro atoms. The molecule has 0 radical (unpaired) electrons. The molecule has 3 aromatic carbocycles. The third-order valence-corrected chi connectivity index (χ3v) is 9.30. The van der Waals surface area contributed by atoms with E-state index in [1.54, 1.807) is 43.3 Å². The maximum absolute atomic E-state index is 14.6. The van der Waals surface area contributed by atoms with Crippen LogP contribution < -0.4 is 10.2 Å². The molecule has 1 aliphatic heterocycles. The molecular formula is C30H32F4N2O4S. The molecule has 4 rings (SSSR count). The molecule has 0 saturated carbocycles. The van der Waals surface area contributed by atoms with E-state index in [-0.39, 0.29) is 16.6 Å². The minimum absolute atomic E-state index is 0.0410. The Kier molecular flexibility index (Phi) is 9.08. The number of rotatable bonds is 9. The van der Waals surface area contributed by atoms with E-state index in [4.69, 9.17) is 0 Å². The topological polar surface area (TPSA) is 86.7 Å². The van der Waals surface area contributed by atoms with Gasteiger partial charge < -0.3 is 15.3 Å². The van der Waals surface area contributed by atoms with Crippen LogP contribution in [0.1, 0.15) is 59.3 Å². The van der Waals surface area contributed by atoms with Crippen molar-refractivity contribution in [2.75, 3.05) is 23.8 Å². The molecule has 2 unspecified atom stereocenters. The number of alkyl halides is 4. The Hall–Kier alpha value is -3.44. The fourth-order valence-electron chi connectivity index (χ4n) is 5.14. The zero-order valence-corrected chi connectivity index (χ0v) is 23.4.